The zero-order valence-corrected chi connectivity index (χ0v) is 13.4. The average Bonchev–Trinajstić information content (AvgIpc) is 2.49. The molecule has 2 rings (SSSR count). The molecule has 0 spiro atoms. The summed E-state index contributed by atoms with van der Waals surface area (Å²) in [5, 5.41) is 3.00. The van der Waals surface area contributed by atoms with Crippen LogP contribution in [0, 0.1) is 0 Å². The maximum Gasteiger partial charge on any atom is 0.130 e. The number of hydrogen-bond acceptors (Lipinski definition) is 4. The smallest absolute Gasteiger partial charge is 0.130 e. The molecule has 110 valence electrons. The molecule has 0 aliphatic rings. The van der Waals surface area contributed by atoms with Gasteiger partial charge in [0.1, 0.15) is 5.75 Å². The number of rotatable bonds is 5. The van der Waals surface area contributed by atoms with Crippen molar-refractivity contribution in [1.29, 1.82) is 0 Å². The molecule has 0 saturated heterocycles. The monoisotopic (exact) mass is 300 g/mol. The van der Waals surface area contributed by atoms with Crippen molar-refractivity contribution in [3.8, 4) is 5.75 Å². The lowest BCUT2D eigenvalue weighted by molar-refractivity contribution is 0.344. The number of nitrogen functional groups attached to an aromatic ring is 1. The van der Waals surface area contributed by atoms with Gasteiger partial charge in [-0.3, -0.25) is 0 Å². The Morgan fingerprint density at radius 3 is 2.81 bits per heavy atom. The number of aromatic nitrogens is 1. The Morgan fingerprint density at radius 1 is 1.33 bits per heavy atom. The highest BCUT2D eigenvalue weighted by Crippen LogP contribution is 2.34. The zero-order chi connectivity index (χ0) is 15.2. The van der Waals surface area contributed by atoms with Crippen LogP contribution >= 0.6 is 11.8 Å². The van der Waals surface area contributed by atoms with Crippen molar-refractivity contribution in [3.63, 3.8) is 0 Å². The van der Waals surface area contributed by atoms with Crippen LogP contribution in [0.15, 0.2) is 41.8 Å². The Morgan fingerprint density at radius 2 is 2.14 bits per heavy atom. The molecule has 3 nitrogen and oxygen atoms in total. The Bertz CT molecular complexity index is 692. The number of hydrogen-bond donors (Lipinski definition) is 1. The number of pyridine rings is 1. The number of benzene rings is 1. The van der Waals surface area contributed by atoms with Gasteiger partial charge in [-0.2, -0.15) is 0 Å². The van der Waals surface area contributed by atoms with E-state index in [1.165, 1.54) is 0 Å². The highest BCUT2D eigenvalue weighted by molar-refractivity contribution is 8.10. The Balaban J connectivity index is 2.58. The van der Waals surface area contributed by atoms with E-state index in [0.717, 1.165) is 27.3 Å². The number of anilines is 1. The summed E-state index contributed by atoms with van der Waals surface area (Å²) < 4.78 is 5.76. The van der Waals surface area contributed by atoms with Gasteiger partial charge in [-0.15, -0.1) is 0 Å². The van der Waals surface area contributed by atoms with Crippen LogP contribution in [0.3, 0.4) is 0 Å². The number of allylic oxidation sites excluding steroid dienone is 2. The standard InChI is InChI=1S/C17H20N2OS/c1-4-9-21-17(5-2)15-11-16(20-6-3)13-10-12(18)7-8-14(13)19-15/h4-5,7-11H,6,18H2,1-3H3/b9-4-,17-5-. The molecule has 0 saturated carbocycles. The predicted molar refractivity (Wildman–Crippen MR) is 93.4 cm³/mol. The summed E-state index contributed by atoms with van der Waals surface area (Å²) in [6.45, 7) is 6.60. The van der Waals surface area contributed by atoms with Crippen LogP contribution in [-0.4, -0.2) is 11.6 Å². The van der Waals surface area contributed by atoms with Crippen molar-refractivity contribution in [2.45, 2.75) is 20.8 Å². The normalized spacial score (nSPS) is 12.2. The molecule has 0 amide bonds. The van der Waals surface area contributed by atoms with Gasteiger partial charge in [0.2, 0.25) is 0 Å². The van der Waals surface area contributed by atoms with Gasteiger partial charge >= 0.3 is 0 Å². The van der Waals surface area contributed by atoms with Gasteiger partial charge in [0.05, 0.1) is 17.8 Å². The Labute approximate surface area is 129 Å². The first-order chi connectivity index (χ1) is 10.2. The lowest BCUT2D eigenvalue weighted by Gasteiger charge is -2.11. The summed E-state index contributed by atoms with van der Waals surface area (Å²) in [7, 11) is 0. The van der Waals surface area contributed by atoms with E-state index in [2.05, 4.69) is 6.08 Å². The van der Waals surface area contributed by atoms with Gasteiger partial charge in [0.25, 0.3) is 0 Å². The van der Waals surface area contributed by atoms with E-state index in [0.29, 0.717) is 12.3 Å². The minimum Gasteiger partial charge on any atom is -0.493 e. The second kappa shape index (κ2) is 7.18. The van der Waals surface area contributed by atoms with Gasteiger partial charge < -0.3 is 10.5 Å². The molecule has 0 atom stereocenters. The Hall–Kier alpha value is -1.94. The summed E-state index contributed by atoms with van der Waals surface area (Å²) >= 11 is 1.65. The fourth-order valence-electron chi connectivity index (χ4n) is 2.03. The molecule has 0 aliphatic carbocycles. The molecular weight excluding hydrogens is 280 g/mol. The minimum absolute atomic E-state index is 0.612. The number of thioether (sulfide) groups is 1. The van der Waals surface area contributed by atoms with Crippen molar-refractivity contribution in [3.05, 3.63) is 47.5 Å². The summed E-state index contributed by atoms with van der Waals surface area (Å²) in [4.78, 5) is 5.83. The molecular formula is C17H20N2OS. The van der Waals surface area contributed by atoms with Crippen molar-refractivity contribution < 1.29 is 4.74 Å². The van der Waals surface area contributed by atoms with Gasteiger partial charge in [-0.25, -0.2) is 4.98 Å². The fraction of sp³-hybridized carbons (Fsp3) is 0.235. The molecule has 0 fully saturated rings. The summed E-state index contributed by atoms with van der Waals surface area (Å²) in [5.41, 5.74) is 8.40. The van der Waals surface area contributed by atoms with Crippen molar-refractivity contribution in [1.82, 2.24) is 4.98 Å². The third kappa shape index (κ3) is 3.58. The maximum atomic E-state index is 5.87. The van der Waals surface area contributed by atoms with Crippen LogP contribution in [0.5, 0.6) is 5.75 Å². The van der Waals surface area contributed by atoms with Crippen LogP contribution in [0.25, 0.3) is 15.8 Å². The Kier molecular flexibility index (Phi) is 5.28. The molecule has 4 heteroatoms. The van der Waals surface area contributed by atoms with E-state index in [1.54, 1.807) is 11.8 Å². The predicted octanol–water partition coefficient (Wildman–Crippen LogP) is 4.84. The van der Waals surface area contributed by atoms with Gasteiger partial charge in [-0.05, 0) is 44.4 Å². The zero-order valence-electron chi connectivity index (χ0n) is 12.6. The molecule has 2 N–H and O–H groups in total. The summed E-state index contributed by atoms with van der Waals surface area (Å²) in [6.07, 6.45) is 4.07. The summed E-state index contributed by atoms with van der Waals surface area (Å²) in [5.74, 6) is 0.824. The first-order valence-electron chi connectivity index (χ1n) is 6.97. The lowest BCUT2D eigenvalue weighted by atomic mass is 10.1. The molecule has 2 aromatic rings. The highest BCUT2D eigenvalue weighted by Gasteiger charge is 2.10. The third-order valence-electron chi connectivity index (χ3n) is 2.94. The second-order valence-corrected chi connectivity index (χ2v) is 5.40. The fourth-order valence-corrected chi connectivity index (χ4v) is 2.68. The highest BCUT2D eigenvalue weighted by atomic mass is 32.2. The SMILES string of the molecule is C/C=C\S/C(=C\C)c1cc(OCC)c2cc(N)ccc2n1. The molecule has 0 radical (unpaired) electrons. The van der Waals surface area contributed by atoms with Crippen LogP contribution in [0.1, 0.15) is 26.5 Å². The number of ether oxygens (including phenoxy) is 1. The molecule has 21 heavy (non-hydrogen) atoms. The van der Waals surface area contributed by atoms with Crippen molar-refractivity contribution in [2.75, 3.05) is 12.3 Å². The molecule has 1 heterocycles. The van der Waals surface area contributed by atoms with Crippen LogP contribution in [0.2, 0.25) is 0 Å². The van der Waals surface area contributed by atoms with E-state index >= 15 is 0 Å². The first-order valence-corrected chi connectivity index (χ1v) is 7.85. The minimum atomic E-state index is 0.612. The van der Waals surface area contributed by atoms with Gasteiger partial charge in [0.15, 0.2) is 0 Å². The summed E-state index contributed by atoms with van der Waals surface area (Å²) in [6, 6.07) is 7.69. The number of nitrogens with zero attached hydrogens (tertiary/aromatic N) is 1. The molecule has 1 aromatic heterocycles. The second-order valence-electron chi connectivity index (χ2n) is 4.46. The molecule has 0 unspecified atom stereocenters. The lowest BCUT2D eigenvalue weighted by Crippen LogP contribution is -1.97. The van der Waals surface area contributed by atoms with Crippen molar-refractivity contribution >= 4 is 33.3 Å². The average molecular weight is 300 g/mol. The number of nitrogens with two attached hydrogens (primary N) is 1. The third-order valence-corrected chi connectivity index (χ3v) is 4.05. The van der Waals surface area contributed by atoms with Crippen molar-refractivity contribution in [2.24, 2.45) is 0 Å². The van der Waals surface area contributed by atoms with Crippen LogP contribution in [-0.2, 0) is 0 Å². The van der Waals surface area contributed by atoms with Crippen LogP contribution in [0.4, 0.5) is 5.69 Å². The topological polar surface area (TPSA) is 48.1 Å². The van der Waals surface area contributed by atoms with E-state index < -0.39 is 0 Å². The van der Waals surface area contributed by atoms with E-state index in [4.69, 9.17) is 15.5 Å². The maximum absolute atomic E-state index is 5.87. The van der Waals surface area contributed by atoms with E-state index in [9.17, 15) is 0 Å². The van der Waals surface area contributed by atoms with Gasteiger partial charge in [0, 0.05) is 22.0 Å². The first kappa shape index (κ1) is 15.4. The largest absolute Gasteiger partial charge is 0.493 e. The molecule has 0 bridgehead atoms. The van der Waals surface area contributed by atoms with E-state index in [-0.39, 0.29) is 0 Å². The quantitative estimate of drug-likeness (QED) is 0.802. The molecule has 1 aromatic carbocycles. The van der Waals surface area contributed by atoms with E-state index in [1.807, 2.05) is 56.5 Å². The molecule has 0 aliphatic heterocycles. The van der Waals surface area contributed by atoms with Gasteiger partial charge in [-0.1, -0.05) is 23.9 Å². The number of fused-ring (bicyclic) bond motifs is 1. The van der Waals surface area contributed by atoms with Crippen LogP contribution < -0.4 is 10.5 Å².